The van der Waals surface area contributed by atoms with Gasteiger partial charge in [0.25, 0.3) is 0 Å². The van der Waals surface area contributed by atoms with Crippen molar-refractivity contribution in [1.29, 1.82) is 0 Å². The first-order chi connectivity index (χ1) is 7.24. The summed E-state index contributed by atoms with van der Waals surface area (Å²) in [7, 11) is 0. The van der Waals surface area contributed by atoms with Crippen LogP contribution in [0.2, 0.25) is 0 Å². The second kappa shape index (κ2) is 4.91. The molecule has 0 aliphatic heterocycles. The quantitative estimate of drug-likeness (QED) is 0.741. The highest BCUT2D eigenvalue weighted by Gasteiger charge is 2.41. The molecule has 0 bridgehead atoms. The first kappa shape index (κ1) is 11.5. The van der Waals surface area contributed by atoms with Crippen LogP contribution in [0.1, 0.15) is 38.5 Å². The van der Waals surface area contributed by atoms with Gasteiger partial charge in [-0.25, -0.2) is 0 Å². The number of rotatable bonds is 4. The summed E-state index contributed by atoms with van der Waals surface area (Å²) in [6.45, 7) is 1.03. The van der Waals surface area contributed by atoms with E-state index in [-0.39, 0.29) is 0 Å². The molecule has 2 aliphatic rings. The Kier molecular flexibility index (Phi) is 3.78. The molecule has 0 atom stereocenters. The molecular formula is C11H20N2S2. The summed E-state index contributed by atoms with van der Waals surface area (Å²) in [6, 6.07) is 0.634. The van der Waals surface area contributed by atoms with Crippen LogP contribution >= 0.6 is 24.0 Å². The summed E-state index contributed by atoms with van der Waals surface area (Å²) in [5.41, 5.74) is 0. The smallest absolute Gasteiger partial charge is 0.166 e. The lowest BCUT2D eigenvalue weighted by Crippen LogP contribution is -2.43. The Morgan fingerprint density at radius 1 is 1.40 bits per heavy atom. The Bertz CT molecular complexity index is 233. The molecule has 2 N–H and O–H groups in total. The van der Waals surface area contributed by atoms with Crippen molar-refractivity contribution in [2.24, 2.45) is 0 Å². The fraction of sp³-hybridized carbons (Fsp3) is 0.909. The van der Waals surface area contributed by atoms with E-state index in [1.165, 1.54) is 38.5 Å². The number of thiocarbonyl (C=S) groups is 1. The van der Waals surface area contributed by atoms with Gasteiger partial charge in [0.2, 0.25) is 0 Å². The van der Waals surface area contributed by atoms with Gasteiger partial charge in [0, 0.05) is 17.3 Å². The highest BCUT2D eigenvalue weighted by Crippen LogP contribution is 2.46. The molecule has 2 nitrogen and oxygen atoms in total. The summed E-state index contributed by atoms with van der Waals surface area (Å²) in [6.07, 6.45) is 10.2. The molecule has 2 fully saturated rings. The van der Waals surface area contributed by atoms with Crippen LogP contribution in [0.15, 0.2) is 0 Å². The number of nitrogens with one attached hydrogen (secondary N) is 2. The minimum absolute atomic E-state index is 0.501. The Morgan fingerprint density at radius 2 is 2.07 bits per heavy atom. The SMILES string of the molecule is CSC1(CNC(=S)NC2CCCC2)CC1. The third kappa shape index (κ3) is 3.25. The third-order valence-electron chi connectivity index (χ3n) is 3.50. The van der Waals surface area contributed by atoms with Crippen molar-refractivity contribution in [3.05, 3.63) is 0 Å². The van der Waals surface area contributed by atoms with Crippen LogP contribution in [0.4, 0.5) is 0 Å². The molecule has 15 heavy (non-hydrogen) atoms. The molecule has 0 aromatic rings. The van der Waals surface area contributed by atoms with Gasteiger partial charge in [-0.3, -0.25) is 0 Å². The first-order valence-corrected chi connectivity index (χ1v) is 7.47. The topological polar surface area (TPSA) is 24.1 Å². The van der Waals surface area contributed by atoms with E-state index in [2.05, 4.69) is 16.9 Å². The van der Waals surface area contributed by atoms with Crippen molar-refractivity contribution in [2.45, 2.75) is 49.3 Å². The second-order valence-electron chi connectivity index (χ2n) is 4.70. The average molecular weight is 244 g/mol. The molecule has 0 aromatic carbocycles. The van der Waals surface area contributed by atoms with Crippen LogP contribution in [0.25, 0.3) is 0 Å². The van der Waals surface area contributed by atoms with Gasteiger partial charge in [0.15, 0.2) is 5.11 Å². The van der Waals surface area contributed by atoms with Crippen LogP contribution in [-0.2, 0) is 0 Å². The van der Waals surface area contributed by atoms with Gasteiger partial charge in [-0.1, -0.05) is 12.8 Å². The van der Waals surface area contributed by atoms with Crippen LogP contribution < -0.4 is 10.6 Å². The van der Waals surface area contributed by atoms with Crippen molar-refractivity contribution in [3.63, 3.8) is 0 Å². The zero-order chi connectivity index (χ0) is 10.7. The highest BCUT2D eigenvalue weighted by atomic mass is 32.2. The molecule has 0 radical (unpaired) electrons. The maximum absolute atomic E-state index is 5.30. The van der Waals surface area contributed by atoms with Gasteiger partial charge >= 0.3 is 0 Å². The predicted octanol–water partition coefficient (Wildman–Crippen LogP) is 2.29. The summed E-state index contributed by atoms with van der Waals surface area (Å²) in [5, 5.41) is 7.64. The highest BCUT2D eigenvalue weighted by molar-refractivity contribution is 8.00. The van der Waals surface area contributed by atoms with E-state index < -0.39 is 0 Å². The lowest BCUT2D eigenvalue weighted by Gasteiger charge is -2.18. The Hall–Kier alpha value is 0.0400. The molecule has 0 aromatic heterocycles. The zero-order valence-corrected chi connectivity index (χ0v) is 11.0. The molecule has 2 rings (SSSR count). The molecule has 86 valence electrons. The van der Waals surface area contributed by atoms with Gasteiger partial charge in [0.1, 0.15) is 0 Å². The fourth-order valence-corrected chi connectivity index (χ4v) is 3.11. The monoisotopic (exact) mass is 244 g/mol. The van der Waals surface area contributed by atoms with Crippen molar-refractivity contribution in [1.82, 2.24) is 10.6 Å². The summed E-state index contributed by atoms with van der Waals surface area (Å²) in [5.74, 6) is 0. The van der Waals surface area contributed by atoms with E-state index in [9.17, 15) is 0 Å². The predicted molar refractivity (Wildman–Crippen MR) is 71.5 cm³/mol. The second-order valence-corrected chi connectivity index (χ2v) is 6.38. The Labute approximate surface area is 102 Å². The van der Waals surface area contributed by atoms with E-state index in [4.69, 9.17) is 12.2 Å². The molecule has 4 heteroatoms. The van der Waals surface area contributed by atoms with E-state index in [1.807, 2.05) is 11.8 Å². The standard InChI is InChI=1S/C11H20N2S2/c1-15-11(6-7-11)8-12-10(14)13-9-4-2-3-5-9/h9H,2-8H2,1H3,(H2,12,13,14). The van der Waals surface area contributed by atoms with Crippen molar-refractivity contribution >= 4 is 29.1 Å². The molecule has 0 spiro atoms. The van der Waals surface area contributed by atoms with Gasteiger partial charge in [-0.15, -0.1) is 0 Å². The lowest BCUT2D eigenvalue weighted by atomic mass is 10.3. The molecule has 2 aliphatic carbocycles. The van der Waals surface area contributed by atoms with Gasteiger partial charge in [-0.05, 0) is 44.2 Å². The molecule has 0 saturated heterocycles. The largest absolute Gasteiger partial charge is 0.361 e. The maximum Gasteiger partial charge on any atom is 0.166 e. The molecule has 0 unspecified atom stereocenters. The summed E-state index contributed by atoms with van der Waals surface area (Å²) >= 11 is 7.28. The zero-order valence-electron chi connectivity index (χ0n) is 9.34. The van der Waals surface area contributed by atoms with E-state index in [0.29, 0.717) is 10.8 Å². The van der Waals surface area contributed by atoms with Gasteiger partial charge in [-0.2, -0.15) is 11.8 Å². The van der Waals surface area contributed by atoms with Crippen molar-refractivity contribution in [2.75, 3.05) is 12.8 Å². The molecule has 0 amide bonds. The number of thioether (sulfide) groups is 1. The first-order valence-electron chi connectivity index (χ1n) is 5.84. The lowest BCUT2D eigenvalue weighted by molar-refractivity contribution is 0.619. The molecule has 0 heterocycles. The van der Waals surface area contributed by atoms with Crippen LogP contribution in [0.5, 0.6) is 0 Å². The number of hydrogen-bond donors (Lipinski definition) is 2. The normalized spacial score (nSPS) is 23.8. The average Bonchev–Trinajstić information content (AvgIpc) is 2.86. The van der Waals surface area contributed by atoms with E-state index in [0.717, 1.165) is 11.7 Å². The van der Waals surface area contributed by atoms with Crippen LogP contribution in [-0.4, -0.2) is 28.7 Å². The Balaban J connectivity index is 1.64. The van der Waals surface area contributed by atoms with Crippen LogP contribution in [0, 0.1) is 0 Å². The van der Waals surface area contributed by atoms with Gasteiger partial charge in [0.05, 0.1) is 0 Å². The molecular weight excluding hydrogens is 224 g/mol. The van der Waals surface area contributed by atoms with Crippen LogP contribution in [0.3, 0.4) is 0 Å². The third-order valence-corrected chi connectivity index (χ3v) is 5.18. The molecule has 2 saturated carbocycles. The van der Waals surface area contributed by atoms with Crippen molar-refractivity contribution in [3.8, 4) is 0 Å². The van der Waals surface area contributed by atoms with E-state index in [1.54, 1.807) is 0 Å². The fourth-order valence-electron chi connectivity index (χ4n) is 2.14. The van der Waals surface area contributed by atoms with E-state index >= 15 is 0 Å². The summed E-state index contributed by atoms with van der Waals surface area (Å²) < 4.78 is 0.501. The summed E-state index contributed by atoms with van der Waals surface area (Å²) in [4.78, 5) is 0. The van der Waals surface area contributed by atoms with Gasteiger partial charge < -0.3 is 10.6 Å². The van der Waals surface area contributed by atoms with Crippen molar-refractivity contribution < 1.29 is 0 Å². The minimum atomic E-state index is 0.501. The number of hydrogen-bond acceptors (Lipinski definition) is 2. The maximum atomic E-state index is 5.30. The Morgan fingerprint density at radius 3 is 2.60 bits per heavy atom. The minimum Gasteiger partial charge on any atom is -0.361 e.